The van der Waals surface area contributed by atoms with Crippen LogP contribution in [0, 0.1) is 11.6 Å². The summed E-state index contributed by atoms with van der Waals surface area (Å²) in [7, 11) is 0.209. The molecular weight excluding hydrogens is 450 g/mol. The van der Waals surface area contributed by atoms with Gasteiger partial charge in [0.05, 0.1) is 13.2 Å². The molecule has 1 amide bonds. The summed E-state index contributed by atoms with van der Waals surface area (Å²) in [5.41, 5.74) is 1.18. The van der Waals surface area contributed by atoms with Crippen LogP contribution in [-0.2, 0) is 16.4 Å². The topological polar surface area (TPSA) is 75.7 Å². The summed E-state index contributed by atoms with van der Waals surface area (Å²) in [5.74, 6) is -1.37. The average Bonchev–Trinajstić information content (AvgIpc) is 2.78. The van der Waals surface area contributed by atoms with Crippen molar-refractivity contribution in [2.24, 2.45) is 0 Å². The number of nitrogens with zero attached hydrogens (tertiary/aromatic N) is 1. The van der Waals surface area contributed by atoms with E-state index in [1.807, 2.05) is 0 Å². The third-order valence-electron chi connectivity index (χ3n) is 5.07. The van der Waals surface area contributed by atoms with Gasteiger partial charge in [0, 0.05) is 19.7 Å². The van der Waals surface area contributed by atoms with E-state index in [2.05, 4.69) is 5.32 Å². The maximum Gasteiger partial charge on any atom is 0.251 e. The van der Waals surface area contributed by atoms with Crippen molar-refractivity contribution in [3.63, 3.8) is 0 Å². The van der Waals surface area contributed by atoms with Crippen molar-refractivity contribution in [2.45, 2.75) is 17.4 Å². The van der Waals surface area contributed by atoms with Gasteiger partial charge >= 0.3 is 0 Å². The van der Waals surface area contributed by atoms with E-state index >= 15 is 0 Å². The Morgan fingerprint density at radius 2 is 1.67 bits per heavy atom. The Morgan fingerprint density at radius 3 is 2.27 bits per heavy atom. The van der Waals surface area contributed by atoms with Gasteiger partial charge in [-0.05, 0) is 60.0 Å². The van der Waals surface area contributed by atoms with Crippen molar-refractivity contribution in [3.05, 3.63) is 95.1 Å². The highest BCUT2D eigenvalue weighted by Crippen LogP contribution is 2.28. The van der Waals surface area contributed by atoms with Crippen molar-refractivity contribution in [3.8, 4) is 5.75 Å². The summed E-state index contributed by atoms with van der Waals surface area (Å²) in [6.45, 7) is 0. The van der Waals surface area contributed by atoms with Crippen LogP contribution in [0.15, 0.2) is 71.6 Å². The maximum atomic E-state index is 13.9. The first-order chi connectivity index (χ1) is 15.6. The van der Waals surface area contributed by atoms with E-state index in [0.29, 0.717) is 11.1 Å². The Morgan fingerprint density at radius 1 is 1.00 bits per heavy atom. The second-order valence-electron chi connectivity index (χ2n) is 7.57. The molecule has 3 rings (SSSR count). The lowest BCUT2D eigenvalue weighted by Crippen LogP contribution is -2.30. The number of methoxy groups -OCH3 is 1. The van der Waals surface area contributed by atoms with Gasteiger partial charge in [0.15, 0.2) is 0 Å². The van der Waals surface area contributed by atoms with Crippen LogP contribution in [0.4, 0.5) is 8.78 Å². The van der Waals surface area contributed by atoms with E-state index in [1.165, 1.54) is 69.7 Å². The molecule has 0 fully saturated rings. The van der Waals surface area contributed by atoms with Crippen LogP contribution >= 0.6 is 0 Å². The van der Waals surface area contributed by atoms with Crippen LogP contribution in [0.2, 0.25) is 0 Å². The number of benzene rings is 3. The van der Waals surface area contributed by atoms with Crippen molar-refractivity contribution < 1.29 is 26.7 Å². The standard InChI is InChI=1S/C24H24F2N2O4S/c1-28(2)33(30,31)23-15-18(10-11-22(23)32-3)24(29)27-21(17-7-5-9-20(26)14-17)13-16-6-4-8-19(25)12-16/h4-12,14-15,21H,13H2,1-3H3,(H,27,29). The summed E-state index contributed by atoms with van der Waals surface area (Å²) >= 11 is 0. The molecule has 3 aromatic rings. The highest BCUT2D eigenvalue weighted by molar-refractivity contribution is 7.89. The molecule has 0 aliphatic rings. The molecule has 0 heterocycles. The van der Waals surface area contributed by atoms with Crippen LogP contribution in [0.3, 0.4) is 0 Å². The van der Waals surface area contributed by atoms with Gasteiger partial charge in [0.25, 0.3) is 5.91 Å². The van der Waals surface area contributed by atoms with Crippen molar-refractivity contribution in [1.29, 1.82) is 0 Å². The maximum absolute atomic E-state index is 13.9. The Bertz CT molecular complexity index is 1260. The first kappa shape index (κ1) is 24.3. The van der Waals surface area contributed by atoms with Gasteiger partial charge in [-0.25, -0.2) is 21.5 Å². The molecule has 0 spiro atoms. The molecule has 0 saturated carbocycles. The van der Waals surface area contributed by atoms with Crippen molar-refractivity contribution in [2.75, 3.05) is 21.2 Å². The molecule has 3 aromatic carbocycles. The van der Waals surface area contributed by atoms with E-state index in [0.717, 1.165) is 4.31 Å². The molecule has 0 aliphatic carbocycles. The Hall–Kier alpha value is -3.30. The molecule has 33 heavy (non-hydrogen) atoms. The highest BCUT2D eigenvalue weighted by Gasteiger charge is 2.25. The lowest BCUT2D eigenvalue weighted by molar-refractivity contribution is 0.0936. The Kier molecular flexibility index (Phi) is 7.45. The molecule has 0 aliphatic heterocycles. The number of hydrogen-bond acceptors (Lipinski definition) is 4. The predicted octanol–water partition coefficient (Wildman–Crippen LogP) is 3.94. The number of halogens is 2. The molecule has 0 saturated heterocycles. The third kappa shape index (κ3) is 5.74. The number of hydrogen-bond donors (Lipinski definition) is 1. The molecule has 0 aromatic heterocycles. The van der Waals surface area contributed by atoms with Gasteiger partial charge in [-0.2, -0.15) is 0 Å². The van der Waals surface area contributed by atoms with Gasteiger partial charge in [-0.1, -0.05) is 24.3 Å². The number of carbonyl (C=O) groups is 1. The monoisotopic (exact) mass is 474 g/mol. The molecular formula is C24H24F2N2O4S. The Balaban J connectivity index is 1.97. The second kappa shape index (κ2) is 10.1. The normalized spacial score (nSPS) is 12.4. The third-order valence-corrected chi connectivity index (χ3v) is 6.91. The summed E-state index contributed by atoms with van der Waals surface area (Å²) in [6.07, 6.45) is 0.200. The molecule has 6 nitrogen and oxygen atoms in total. The molecule has 0 bridgehead atoms. The van der Waals surface area contributed by atoms with Crippen molar-refractivity contribution >= 4 is 15.9 Å². The average molecular weight is 475 g/mol. The van der Waals surface area contributed by atoms with E-state index in [1.54, 1.807) is 18.2 Å². The molecule has 1 N–H and O–H groups in total. The van der Waals surface area contributed by atoms with Crippen molar-refractivity contribution in [1.82, 2.24) is 9.62 Å². The fourth-order valence-electron chi connectivity index (χ4n) is 3.33. The molecule has 174 valence electrons. The minimum absolute atomic E-state index is 0.0804. The summed E-state index contributed by atoms with van der Waals surface area (Å²) in [6, 6.07) is 15.0. The number of carbonyl (C=O) groups excluding carboxylic acids is 1. The van der Waals surface area contributed by atoms with Gasteiger partial charge in [0.1, 0.15) is 22.3 Å². The van der Waals surface area contributed by atoms with Crippen LogP contribution in [0.1, 0.15) is 27.5 Å². The van der Waals surface area contributed by atoms with Gasteiger partial charge < -0.3 is 10.1 Å². The molecule has 1 unspecified atom stereocenters. The van der Waals surface area contributed by atoms with E-state index in [4.69, 9.17) is 4.74 Å². The molecule has 0 radical (unpaired) electrons. The smallest absolute Gasteiger partial charge is 0.251 e. The number of ether oxygens (including phenoxy) is 1. The lowest BCUT2D eigenvalue weighted by Gasteiger charge is -2.21. The first-order valence-electron chi connectivity index (χ1n) is 10.0. The van der Waals surface area contributed by atoms with Gasteiger partial charge in [-0.15, -0.1) is 0 Å². The minimum atomic E-state index is -3.88. The second-order valence-corrected chi connectivity index (χ2v) is 9.69. The van der Waals surface area contributed by atoms with E-state index < -0.39 is 33.6 Å². The van der Waals surface area contributed by atoms with Crippen LogP contribution < -0.4 is 10.1 Å². The molecule has 9 heteroatoms. The summed E-state index contributed by atoms with van der Waals surface area (Å²) < 4.78 is 59.1. The minimum Gasteiger partial charge on any atom is -0.495 e. The highest BCUT2D eigenvalue weighted by atomic mass is 32.2. The zero-order valence-corrected chi connectivity index (χ0v) is 19.2. The zero-order valence-electron chi connectivity index (χ0n) is 18.4. The molecule has 1 atom stereocenters. The van der Waals surface area contributed by atoms with E-state index in [9.17, 15) is 22.0 Å². The number of amides is 1. The Labute approximate surface area is 191 Å². The number of nitrogens with one attached hydrogen (secondary N) is 1. The van der Waals surface area contributed by atoms with Gasteiger partial charge in [-0.3, -0.25) is 4.79 Å². The SMILES string of the molecule is COc1ccc(C(=O)NC(Cc2cccc(F)c2)c2cccc(F)c2)cc1S(=O)(=O)N(C)C. The summed E-state index contributed by atoms with van der Waals surface area (Å²) in [4.78, 5) is 12.9. The quantitative estimate of drug-likeness (QED) is 0.537. The first-order valence-corrected chi connectivity index (χ1v) is 11.5. The lowest BCUT2D eigenvalue weighted by atomic mass is 9.98. The van der Waals surface area contributed by atoms with Crippen LogP contribution in [0.25, 0.3) is 0 Å². The zero-order chi connectivity index (χ0) is 24.2. The van der Waals surface area contributed by atoms with Crippen LogP contribution in [0.5, 0.6) is 5.75 Å². The largest absolute Gasteiger partial charge is 0.495 e. The number of sulfonamides is 1. The fraction of sp³-hybridized carbons (Fsp3) is 0.208. The van der Waals surface area contributed by atoms with Gasteiger partial charge in [0.2, 0.25) is 10.0 Å². The van der Waals surface area contributed by atoms with E-state index in [-0.39, 0.29) is 22.6 Å². The van der Waals surface area contributed by atoms with Crippen LogP contribution in [-0.4, -0.2) is 39.8 Å². The number of rotatable bonds is 8. The predicted molar refractivity (Wildman–Crippen MR) is 121 cm³/mol. The fourth-order valence-corrected chi connectivity index (χ4v) is 4.41. The summed E-state index contributed by atoms with van der Waals surface area (Å²) in [5, 5.41) is 2.81.